The Morgan fingerprint density at radius 3 is 2.75 bits per heavy atom. The van der Waals surface area contributed by atoms with E-state index in [1.807, 2.05) is 6.92 Å². The van der Waals surface area contributed by atoms with Crippen LogP contribution >= 0.6 is 0 Å². The number of nitrogens with zero attached hydrogens (tertiary/aromatic N) is 1. The standard InChI is InChI=1S/C14H23N3O2S/c1-2-16-13-8-9-15-11-14(13)20(18,19)17-10-12-6-4-3-5-7-12/h8-9,11-12,17H,2-7,10H2,1H3,(H,15,16). The molecule has 0 aromatic carbocycles. The van der Waals surface area contributed by atoms with Crippen molar-refractivity contribution in [1.29, 1.82) is 0 Å². The molecule has 1 aliphatic rings. The van der Waals surface area contributed by atoms with E-state index < -0.39 is 10.0 Å². The van der Waals surface area contributed by atoms with Crippen LogP contribution in [-0.4, -0.2) is 26.5 Å². The van der Waals surface area contributed by atoms with Crippen molar-refractivity contribution >= 4 is 15.7 Å². The van der Waals surface area contributed by atoms with Gasteiger partial charge in [-0.05, 0) is 31.7 Å². The minimum Gasteiger partial charge on any atom is -0.384 e. The Balaban J connectivity index is 2.05. The van der Waals surface area contributed by atoms with Gasteiger partial charge in [-0.1, -0.05) is 19.3 Å². The van der Waals surface area contributed by atoms with Crippen molar-refractivity contribution in [2.45, 2.75) is 43.9 Å². The molecule has 0 aliphatic heterocycles. The highest BCUT2D eigenvalue weighted by Gasteiger charge is 2.21. The van der Waals surface area contributed by atoms with E-state index in [9.17, 15) is 8.42 Å². The fraction of sp³-hybridized carbons (Fsp3) is 0.643. The van der Waals surface area contributed by atoms with Crippen LogP contribution in [0.3, 0.4) is 0 Å². The first kappa shape index (κ1) is 15.3. The number of hydrogen-bond acceptors (Lipinski definition) is 4. The first-order valence-electron chi connectivity index (χ1n) is 7.31. The predicted molar refractivity (Wildman–Crippen MR) is 80.2 cm³/mol. The zero-order valence-electron chi connectivity index (χ0n) is 11.9. The van der Waals surface area contributed by atoms with Gasteiger partial charge in [0, 0.05) is 25.5 Å². The second-order valence-corrected chi connectivity index (χ2v) is 6.99. The van der Waals surface area contributed by atoms with E-state index in [1.54, 1.807) is 12.3 Å². The Bertz CT molecular complexity index is 525. The predicted octanol–water partition coefficient (Wildman–Crippen LogP) is 2.37. The Hall–Kier alpha value is -1.14. The van der Waals surface area contributed by atoms with Crippen molar-refractivity contribution in [3.05, 3.63) is 18.5 Å². The molecule has 1 aromatic rings. The summed E-state index contributed by atoms with van der Waals surface area (Å²) in [4.78, 5) is 4.16. The largest absolute Gasteiger partial charge is 0.384 e. The normalized spacial score (nSPS) is 17.1. The molecule has 1 fully saturated rings. The molecule has 112 valence electrons. The molecule has 1 saturated carbocycles. The van der Waals surface area contributed by atoms with E-state index in [-0.39, 0.29) is 4.90 Å². The minimum atomic E-state index is -3.49. The first-order chi connectivity index (χ1) is 9.63. The Kier molecular flexibility index (Phi) is 5.37. The SMILES string of the molecule is CCNc1ccncc1S(=O)(=O)NCC1CCCCC1. The first-order valence-corrected chi connectivity index (χ1v) is 8.79. The number of pyridine rings is 1. The van der Waals surface area contributed by atoms with Gasteiger partial charge in [-0.3, -0.25) is 4.98 Å². The summed E-state index contributed by atoms with van der Waals surface area (Å²) in [5, 5.41) is 3.06. The smallest absolute Gasteiger partial charge is 0.244 e. The van der Waals surface area contributed by atoms with Gasteiger partial charge in [0.15, 0.2) is 0 Å². The molecule has 0 unspecified atom stereocenters. The van der Waals surface area contributed by atoms with Gasteiger partial charge in [0.2, 0.25) is 10.0 Å². The van der Waals surface area contributed by atoms with Gasteiger partial charge in [-0.2, -0.15) is 0 Å². The Morgan fingerprint density at radius 1 is 1.30 bits per heavy atom. The summed E-state index contributed by atoms with van der Waals surface area (Å²) in [5.41, 5.74) is 0.610. The van der Waals surface area contributed by atoms with E-state index in [4.69, 9.17) is 0 Å². The number of aromatic nitrogens is 1. The highest BCUT2D eigenvalue weighted by Crippen LogP contribution is 2.24. The molecule has 1 aromatic heterocycles. The quantitative estimate of drug-likeness (QED) is 0.845. The monoisotopic (exact) mass is 297 g/mol. The van der Waals surface area contributed by atoms with E-state index in [2.05, 4.69) is 15.0 Å². The molecule has 6 heteroatoms. The van der Waals surface area contributed by atoms with Crippen LogP contribution in [0.1, 0.15) is 39.0 Å². The Morgan fingerprint density at radius 2 is 2.05 bits per heavy atom. The second-order valence-electron chi connectivity index (χ2n) is 5.26. The van der Waals surface area contributed by atoms with Gasteiger partial charge < -0.3 is 5.32 Å². The zero-order valence-corrected chi connectivity index (χ0v) is 12.7. The summed E-state index contributed by atoms with van der Waals surface area (Å²) in [6, 6.07) is 1.69. The molecule has 1 heterocycles. The van der Waals surface area contributed by atoms with Crippen LogP contribution in [0.15, 0.2) is 23.4 Å². The minimum absolute atomic E-state index is 0.234. The molecule has 20 heavy (non-hydrogen) atoms. The lowest BCUT2D eigenvalue weighted by molar-refractivity contribution is 0.357. The molecule has 0 amide bonds. The zero-order chi connectivity index (χ0) is 14.4. The molecule has 2 rings (SSSR count). The van der Waals surface area contributed by atoms with E-state index >= 15 is 0 Å². The van der Waals surface area contributed by atoms with Gasteiger partial charge in [0.05, 0.1) is 5.69 Å². The third kappa shape index (κ3) is 3.93. The highest BCUT2D eigenvalue weighted by molar-refractivity contribution is 7.89. The summed E-state index contributed by atoms with van der Waals surface area (Å²) in [7, 11) is -3.49. The third-order valence-corrected chi connectivity index (χ3v) is 5.18. The van der Waals surface area contributed by atoms with Gasteiger partial charge in [0.25, 0.3) is 0 Å². The molecule has 0 atom stereocenters. The van der Waals surface area contributed by atoms with Crippen LogP contribution in [0.5, 0.6) is 0 Å². The summed E-state index contributed by atoms with van der Waals surface area (Å²) in [6.07, 6.45) is 8.94. The summed E-state index contributed by atoms with van der Waals surface area (Å²) in [6.45, 7) is 3.14. The van der Waals surface area contributed by atoms with E-state index in [1.165, 1.54) is 25.5 Å². The average molecular weight is 297 g/mol. The molecular weight excluding hydrogens is 274 g/mol. The van der Waals surface area contributed by atoms with Crippen molar-refractivity contribution in [1.82, 2.24) is 9.71 Å². The number of sulfonamides is 1. The summed E-state index contributed by atoms with van der Waals surface area (Å²) >= 11 is 0. The fourth-order valence-electron chi connectivity index (χ4n) is 2.63. The van der Waals surface area contributed by atoms with Crippen LogP contribution in [0.2, 0.25) is 0 Å². The number of rotatable bonds is 6. The van der Waals surface area contributed by atoms with Crippen LogP contribution in [0.4, 0.5) is 5.69 Å². The maximum absolute atomic E-state index is 12.4. The maximum Gasteiger partial charge on any atom is 0.244 e. The average Bonchev–Trinajstić information content (AvgIpc) is 2.47. The molecule has 0 radical (unpaired) electrons. The fourth-order valence-corrected chi connectivity index (χ4v) is 3.87. The number of nitrogens with one attached hydrogen (secondary N) is 2. The lowest BCUT2D eigenvalue weighted by Gasteiger charge is -2.22. The number of anilines is 1. The molecule has 5 nitrogen and oxygen atoms in total. The van der Waals surface area contributed by atoms with Crippen LogP contribution in [0, 0.1) is 5.92 Å². The van der Waals surface area contributed by atoms with Crippen molar-refractivity contribution < 1.29 is 8.42 Å². The molecule has 0 spiro atoms. The Labute approximate surface area is 121 Å². The maximum atomic E-state index is 12.4. The topological polar surface area (TPSA) is 71.1 Å². The van der Waals surface area contributed by atoms with Gasteiger partial charge in [-0.25, -0.2) is 13.1 Å². The van der Waals surface area contributed by atoms with Gasteiger partial charge >= 0.3 is 0 Å². The lowest BCUT2D eigenvalue weighted by atomic mass is 9.90. The second kappa shape index (κ2) is 7.04. The molecule has 1 aliphatic carbocycles. The van der Waals surface area contributed by atoms with Crippen molar-refractivity contribution in [3.8, 4) is 0 Å². The summed E-state index contributed by atoms with van der Waals surface area (Å²) in [5.74, 6) is 0.470. The highest BCUT2D eigenvalue weighted by atomic mass is 32.2. The van der Waals surface area contributed by atoms with Crippen molar-refractivity contribution in [3.63, 3.8) is 0 Å². The van der Waals surface area contributed by atoms with Crippen molar-refractivity contribution in [2.75, 3.05) is 18.4 Å². The van der Waals surface area contributed by atoms with Crippen LogP contribution in [0.25, 0.3) is 0 Å². The number of hydrogen-bond donors (Lipinski definition) is 2. The van der Waals surface area contributed by atoms with Gasteiger partial charge in [0.1, 0.15) is 4.90 Å². The van der Waals surface area contributed by atoms with Crippen molar-refractivity contribution in [2.24, 2.45) is 5.92 Å². The van der Waals surface area contributed by atoms with Crippen LogP contribution in [-0.2, 0) is 10.0 Å². The third-order valence-electron chi connectivity index (χ3n) is 3.73. The molecular formula is C14H23N3O2S. The lowest BCUT2D eigenvalue weighted by Crippen LogP contribution is -2.31. The van der Waals surface area contributed by atoms with Gasteiger partial charge in [-0.15, -0.1) is 0 Å². The van der Waals surface area contributed by atoms with E-state index in [0.717, 1.165) is 12.8 Å². The van der Waals surface area contributed by atoms with E-state index in [0.29, 0.717) is 24.7 Å². The molecule has 2 N–H and O–H groups in total. The molecule has 0 bridgehead atoms. The summed E-state index contributed by atoms with van der Waals surface area (Å²) < 4.78 is 27.5. The van der Waals surface area contributed by atoms with Crippen LogP contribution < -0.4 is 10.0 Å². The molecule has 0 saturated heterocycles.